The van der Waals surface area contributed by atoms with Gasteiger partial charge in [0.25, 0.3) is 5.91 Å². The molecule has 1 aliphatic heterocycles. The maximum atomic E-state index is 12.6. The molecule has 112 valence electrons. The largest absolute Gasteiger partial charge is 0.334 e. The van der Waals surface area contributed by atoms with Gasteiger partial charge in [0, 0.05) is 18.0 Å². The first kappa shape index (κ1) is 15.1. The van der Waals surface area contributed by atoms with Crippen molar-refractivity contribution in [2.75, 3.05) is 13.1 Å². The van der Waals surface area contributed by atoms with Crippen molar-refractivity contribution in [1.82, 2.24) is 9.88 Å². The van der Waals surface area contributed by atoms with Crippen LogP contribution in [0.1, 0.15) is 23.8 Å². The number of aromatic nitrogens is 1. The maximum absolute atomic E-state index is 12.6. The van der Waals surface area contributed by atoms with E-state index in [1.165, 1.54) is 11.3 Å². The van der Waals surface area contributed by atoms with E-state index >= 15 is 0 Å². The number of nitrogens with two attached hydrogens (primary N) is 1. The molecule has 1 saturated heterocycles. The number of hydrogen-bond donors (Lipinski definition) is 1. The van der Waals surface area contributed by atoms with Crippen molar-refractivity contribution in [3.63, 3.8) is 0 Å². The van der Waals surface area contributed by atoms with Crippen LogP contribution < -0.4 is 5.73 Å². The van der Waals surface area contributed by atoms with Gasteiger partial charge >= 0.3 is 0 Å². The summed E-state index contributed by atoms with van der Waals surface area (Å²) >= 11 is 6.59. The van der Waals surface area contributed by atoms with Crippen LogP contribution in [-0.4, -0.2) is 34.9 Å². The second kappa shape index (κ2) is 6.16. The first-order chi connectivity index (χ1) is 10.1. The van der Waals surface area contributed by atoms with Crippen molar-refractivity contribution in [2.45, 2.75) is 19.4 Å². The zero-order valence-electron chi connectivity index (χ0n) is 11.6. The zero-order chi connectivity index (χ0) is 15.0. The van der Waals surface area contributed by atoms with Crippen LogP contribution in [0.5, 0.6) is 0 Å². The van der Waals surface area contributed by atoms with Gasteiger partial charge in [0.15, 0.2) is 0 Å². The van der Waals surface area contributed by atoms with Gasteiger partial charge in [-0.05, 0) is 53.9 Å². The van der Waals surface area contributed by atoms with Gasteiger partial charge in [0.1, 0.15) is 10.7 Å². The highest BCUT2D eigenvalue weighted by Crippen LogP contribution is 2.34. The molecule has 0 bridgehead atoms. The quantitative estimate of drug-likeness (QED) is 0.879. The van der Waals surface area contributed by atoms with E-state index in [9.17, 15) is 4.79 Å². The fourth-order valence-electron chi connectivity index (χ4n) is 2.66. The fraction of sp³-hybridized carbons (Fsp3) is 0.429. The summed E-state index contributed by atoms with van der Waals surface area (Å²) < 4.78 is 1.07. The Morgan fingerprint density at radius 3 is 3.00 bits per heavy atom. The Labute approximate surface area is 140 Å². The lowest BCUT2D eigenvalue weighted by Gasteiger charge is -2.20. The van der Waals surface area contributed by atoms with Crippen molar-refractivity contribution in [3.05, 3.63) is 27.0 Å². The van der Waals surface area contributed by atoms with Crippen LogP contribution in [0.3, 0.4) is 0 Å². The Morgan fingerprint density at radius 1 is 1.57 bits per heavy atom. The molecule has 0 saturated carbocycles. The second-order valence-corrected chi connectivity index (χ2v) is 8.61. The summed E-state index contributed by atoms with van der Waals surface area (Å²) in [5, 5.41) is 2.75. The molecule has 0 radical (unpaired) electrons. The Hall–Kier alpha value is -0.760. The molecule has 0 aromatic carbocycles. The number of carbonyl (C=O) groups excluding carboxylic acids is 1. The standard InChI is InChI=1S/C14H16BrN3OS2/c1-8-4-9(5-16)6-18(8)14(19)10-7-20-13(17-10)11-2-3-12(15)21-11/h2-3,7-9H,4-6,16H2,1H3. The Morgan fingerprint density at radius 2 is 2.38 bits per heavy atom. The van der Waals surface area contributed by atoms with Gasteiger partial charge in [0.05, 0.1) is 8.66 Å². The summed E-state index contributed by atoms with van der Waals surface area (Å²) in [5.74, 6) is 0.437. The van der Waals surface area contributed by atoms with Gasteiger partial charge in [-0.1, -0.05) is 0 Å². The number of nitrogens with zero attached hydrogens (tertiary/aromatic N) is 2. The lowest BCUT2D eigenvalue weighted by Crippen LogP contribution is -2.34. The molecule has 3 heterocycles. The first-order valence-electron chi connectivity index (χ1n) is 6.80. The molecular formula is C14H16BrN3OS2. The van der Waals surface area contributed by atoms with E-state index < -0.39 is 0 Å². The average Bonchev–Trinajstić information content (AvgIpc) is 3.16. The highest BCUT2D eigenvalue weighted by Gasteiger charge is 2.33. The first-order valence-corrected chi connectivity index (χ1v) is 9.29. The molecule has 1 aliphatic rings. The van der Waals surface area contributed by atoms with Crippen LogP contribution in [-0.2, 0) is 0 Å². The van der Waals surface area contributed by atoms with Crippen molar-refractivity contribution in [3.8, 4) is 9.88 Å². The molecule has 0 aliphatic carbocycles. The highest BCUT2D eigenvalue weighted by atomic mass is 79.9. The van der Waals surface area contributed by atoms with Crippen LogP contribution in [0.25, 0.3) is 9.88 Å². The monoisotopic (exact) mass is 385 g/mol. The lowest BCUT2D eigenvalue weighted by molar-refractivity contribution is 0.0738. The third kappa shape index (κ3) is 3.06. The number of thiophene rings is 1. The van der Waals surface area contributed by atoms with Crippen molar-refractivity contribution in [1.29, 1.82) is 0 Å². The van der Waals surface area contributed by atoms with E-state index in [1.807, 2.05) is 22.4 Å². The molecule has 2 atom stereocenters. The minimum Gasteiger partial charge on any atom is -0.334 e. The Bertz CT molecular complexity index is 654. The number of likely N-dealkylation sites (tertiary alicyclic amines) is 1. The third-order valence-electron chi connectivity index (χ3n) is 3.76. The van der Waals surface area contributed by atoms with Gasteiger partial charge in [-0.15, -0.1) is 22.7 Å². The van der Waals surface area contributed by atoms with Crippen LogP contribution in [0.15, 0.2) is 21.3 Å². The number of hydrogen-bond acceptors (Lipinski definition) is 5. The molecule has 21 heavy (non-hydrogen) atoms. The maximum Gasteiger partial charge on any atom is 0.273 e. The van der Waals surface area contributed by atoms with E-state index in [1.54, 1.807) is 11.3 Å². The predicted molar refractivity (Wildman–Crippen MR) is 90.8 cm³/mol. The third-order valence-corrected chi connectivity index (χ3v) is 6.40. The average molecular weight is 386 g/mol. The molecule has 2 N–H and O–H groups in total. The number of halogens is 1. The van der Waals surface area contributed by atoms with Gasteiger partial charge in [0.2, 0.25) is 0 Å². The Balaban J connectivity index is 1.78. The summed E-state index contributed by atoms with van der Waals surface area (Å²) in [6, 6.07) is 4.26. The van der Waals surface area contributed by atoms with Crippen LogP contribution in [0, 0.1) is 5.92 Å². The summed E-state index contributed by atoms with van der Waals surface area (Å²) in [6.07, 6.45) is 0.983. The second-order valence-electron chi connectivity index (χ2n) is 5.29. The topological polar surface area (TPSA) is 59.2 Å². The number of amides is 1. The smallest absolute Gasteiger partial charge is 0.273 e. The van der Waals surface area contributed by atoms with E-state index in [-0.39, 0.29) is 11.9 Å². The molecule has 0 spiro atoms. The summed E-state index contributed by atoms with van der Waals surface area (Å²) in [5.41, 5.74) is 6.27. The van der Waals surface area contributed by atoms with Crippen molar-refractivity contribution < 1.29 is 4.79 Å². The molecule has 7 heteroatoms. The normalized spacial score (nSPS) is 22.0. The summed E-state index contributed by atoms with van der Waals surface area (Å²) in [4.78, 5) is 20.1. The summed E-state index contributed by atoms with van der Waals surface area (Å²) in [6.45, 7) is 3.46. The van der Waals surface area contributed by atoms with Gasteiger partial charge < -0.3 is 10.6 Å². The highest BCUT2D eigenvalue weighted by molar-refractivity contribution is 9.11. The van der Waals surface area contributed by atoms with Crippen molar-refractivity contribution in [2.24, 2.45) is 11.7 Å². The van der Waals surface area contributed by atoms with E-state index in [4.69, 9.17) is 5.73 Å². The molecule has 1 fully saturated rings. The molecule has 2 aromatic heterocycles. The minimum atomic E-state index is 0.0246. The van der Waals surface area contributed by atoms with E-state index in [0.717, 1.165) is 26.6 Å². The van der Waals surface area contributed by atoms with Gasteiger partial charge in [-0.25, -0.2) is 4.98 Å². The molecule has 2 aromatic rings. The van der Waals surface area contributed by atoms with Gasteiger partial charge in [-0.3, -0.25) is 4.79 Å². The SMILES string of the molecule is CC1CC(CN)CN1C(=O)c1csc(-c2ccc(Br)s2)n1. The number of carbonyl (C=O) groups is 1. The minimum absolute atomic E-state index is 0.0246. The van der Waals surface area contributed by atoms with E-state index in [2.05, 4.69) is 27.8 Å². The van der Waals surface area contributed by atoms with Gasteiger partial charge in [-0.2, -0.15) is 0 Å². The van der Waals surface area contributed by atoms with Crippen LogP contribution in [0.2, 0.25) is 0 Å². The molecule has 2 unspecified atom stereocenters. The summed E-state index contributed by atoms with van der Waals surface area (Å²) in [7, 11) is 0. The predicted octanol–water partition coefficient (Wildman–Crippen LogP) is 3.44. The zero-order valence-corrected chi connectivity index (χ0v) is 14.8. The molecule has 1 amide bonds. The fourth-order valence-corrected chi connectivity index (χ4v) is 4.91. The van der Waals surface area contributed by atoms with Crippen molar-refractivity contribution >= 4 is 44.5 Å². The molecular weight excluding hydrogens is 370 g/mol. The van der Waals surface area contributed by atoms with E-state index in [0.29, 0.717) is 18.2 Å². The Kier molecular flexibility index (Phi) is 4.44. The lowest BCUT2D eigenvalue weighted by atomic mass is 10.1. The van der Waals surface area contributed by atoms with Crippen LogP contribution >= 0.6 is 38.6 Å². The molecule has 3 rings (SSSR count). The van der Waals surface area contributed by atoms with Crippen LogP contribution in [0.4, 0.5) is 0 Å². The number of rotatable bonds is 3. The number of thiazole rings is 1. The molecule has 4 nitrogen and oxygen atoms in total.